The molecule has 0 bridgehead atoms. The van der Waals surface area contributed by atoms with Gasteiger partial charge in [-0.2, -0.15) is 0 Å². The van der Waals surface area contributed by atoms with Crippen LogP contribution in [-0.2, 0) is 9.53 Å². The quantitative estimate of drug-likeness (QED) is 0.543. The Morgan fingerprint density at radius 3 is 1.96 bits per heavy atom. The first-order valence-electron chi connectivity index (χ1n) is 7.79. The molecule has 0 spiro atoms. The van der Waals surface area contributed by atoms with Crippen molar-refractivity contribution >= 4 is 41.0 Å². The molecule has 0 heterocycles. The smallest absolute Gasteiger partial charge is 0.342 e. The van der Waals surface area contributed by atoms with Crippen molar-refractivity contribution in [3.8, 4) is 11.5 Å². The van der Waals surface area contributed by atoms with Crippen molar-refractivity contribution in [3.63, 3.8) is 0 Å². The summed E-state index contributed by atoms with van der Waals surface area (Å²) >= 11 is 11.7. The molecule has 148 valence electrons. The highest BCUT2D eigenvalue weighted by molar-refractivity contribution is 6.31. The molecular weight excluding hydrogens is 411 g/mol. The molecular formula is C18H16Cl2N2O6. The first-order chi connectivity index (χ1) is 13.3. The maximum absolute atomic E-state index is 12.2. The highest BCUT2D eigenvalue weighted by Gasteiger charge is 2.17. The van der Waals surface area contributed by atoms with E-state index in [4.69, 9.17) is 37.4 Å². The molecule has 0 saturated carbocycles. The van der Waals surface area contributed by atoms with Crippen molar-refractivity contribution in [2.45, 2.75) is 0 Å². The summed E-state index contributed by atoms with van der Waals surface area (Å²) in [7, 11) is 2.77. The number of esters is 1. The van der Waals surface area contributed by atoms with Crippen LogP contribution in [0.4, 0.5) is 0 Å². The number of halogens is 2. The molecule has 0 saturated heterocycles. The molecule has 28 heavy (non-hydrogen) atoms. The van der Waals surface area contributed by atoms with Crippen LogP contribution in [0.3, 0.4) is 0 Å². The zero-order valence-electron chi connectivity index (χ0n) is 14.9. The SMILES string of the molecule is COc1ccc(Cl)cc1C(=O)NNC(=O)COC(=O)c1cc(Cl)ccc1OC. The first kappa shape index (κ1) is 21.3. The van der Waals surface area contributed by atoms with E-state index >= 15 is 0 Å². The lowest BCUT2D eigenvalue weighted by molar-refractivity contribution is -0.125. The molecule has 2 N–H and O–H groups in total. The van der Waals surface area contributed by atoms with E-state index in [0.29, 0.717) is 10.0 Å². The van der Waals surface area contributed by atoms with Crippen LogP contribution in [-0.4, -0.2) is 38.6 Å². The number of methoxy groups -OCH3 is 2. The minimum Gasteiger partial charge on any atom is -0.496 e. The third-order valence-corrected chi connectivity index (χ3v) is 3.91. The van der Waals surface area contributed by atoms with E-state index in [-0.39, 0.29) is 22.6 Å². The highest BCUT2D eigenvalue weighted by atomic mass is 35.5. The van der Waals surface area contributed by atoms with Crippen LogP contribution in [0.5, 0.6) is 11.5 Å². The monoisotopic (exact) mass is 426 g/mol. The Morgan fingerprint density at radius 2 is 1.39 bits per heavy atom. The summed E-state index contributed by atoms with van der Waals surface area (Å²) in [5, 5.41) is 0.626. The Hall–Kier alpha value is -2.97. The van der Waals surface area contributed by atoms with Crippen LogP contribution in [0, 0.1) is 0 Å². The molecule has 0 aliphatic carbocycles. The van der Waals surface area contributed by atoms with Gasteiger partial charge in [-0.15, -0.1) is 0 Å². The van der Waals surface area contributed by atoms with E-state index < -0.39 is 24.4 Å². The summed E-state index contributed by atoms with van der Waals surface area (Å²) in [6.45, 7) is -0.637. The van der Waals surface area contributed by atoms with Crippen LogP contribution in [0.1, 0.15) is 20.7 Å². The van der Waals surface area contributed by atoms with Crippen LogP contribution >= 0.6 is 23.2 Å². The Morgan fingerprint density at radius 1 is 0.857 bits per heavy atom. The molecule has 8 nitrogen and oxygen atoms in total. The van der Waals surface area contributed by atoms with Crippen molar-refractivity contribution < 1.29 is 28.6 Å². The summed E-state index contributed by atoms with van der Waals surface area (Å²) in [5.74, 6) is -1.71. The zero-order valence-corrected chi connectivity index (χ0v) is 16.4. The maximum Gasteiger partial charge on any atom is 0.342 e. The number of hydrogen-bond acceptors (Lipinski definition) is 6. The van der Waals surface area contributed by atoms with E-state index in [1.54, 1.807) is 12.1 Å². The average molecular weight is 427 g/mol. The third kappa shape index (κ3) is 5.51. The van der Waals surface area contributed by atoms with E-state index in [0.717, 1.165) is 0 Å². The number of nitrogens with one attached hydrogen (secondary N) is 2. The van der Waals surface area contributed by atoms with Gasteiger partial charge in [0.1, 0.15) is 17.1 Å². The van der Waals surface area contributed by atoms with Gasteiger partial charge in [0.25, 0.3) is 11.8 Å². The standard InChI is InChI=1S/C18H16Cl2N2O6/c1-26-14-5-3-10(19)7-12(14)17(24)22-21-16(23)9-28-18(25)13-8-11(20)4-6-15(13)27-2/h3-8H,9H2,1-2H3,(H,21,23)(H,22,24). The Bertz CT molecular complexity index is 832. The number of ether oxygens (including phenoxy) is 3. The summed E-state index contributed by atoms with van der Waals surface area (Å²) < 4.78 is 15.0. The molecule has 10 heteroatoms. The van der Waals surface area contributed by atoms with Gasteiger partial charge in [-0.1, -0.05) is 23.2 Å². The second-order valence-electron chi connectivity index (χ2n) is 5.27. The number of carbonyl (C=O) groups is 3. The predicted molar refractivity (Wildman–Crippen MR) is 102 cm³/mol. The fourth-order valence-electron chi connectivity index (χ4n) is 2.14. The molecule has 2 aromatic rings. The number of hydrazine groups is 1. The molecule has 0 atom stereocenters. The Kier molecular flexibility index (Phi) is 7.48. The second kappa shape index (κ2) is 9.82. The topological polar surface area (TPSA) is 103 Å². The van der Waals surface area contributed by atoms with Crippen LogP contribution in [0.15, 0.2) is 36.4 Å². The van der Waals surface area contributed by atoms with Crippen LogP contribution in [0.25, 0.3) is 0 Å². The minimum absolute atomic E-state index is 0.0653. The fourth-order valence-corrected chi connectivity index (χ4v) is 2.48. The van der Waals surface area contributed by atoms with Crippen molar-refractivity contribution in [1.29, 1.82) is 0 Å². The molecule has 2 aromatic carbocycles. The van der Waals surface area contributed by atoms with Crippen molar-refractivity contribution in [1.82, 2.24) is 10.9 Å². The fraction of sp³-hybridized carbons (Fsp3) is 0.167. The molecule has 0 fully saturated rings. The van der Waals surface area contributed by atoms with Gasteiger partial charge >= 0.3 is 5.97 Å². The molecule has 2 amide bonds. The molecule has 0 radical (unpaired) electrons. The Labute approximate surface area is 170 Å². The second-order valence-corrected chi connectivity index (χ2v) is 6.14. The summed E-state index contributed by atoms with van der Waals surface area (Å²) in [6.07, 6.45) is 0. The number of rotatable bonds is 6. The van der Waals surface area contributed by atoms with Crippen molar-refractivity contribution in [2.75, 3.05) is 20.8 Å². The van der Waals surface area contributed by atoms with Gasteiger partial charge in [0.15, 0.2) is 6.61 Å². The average Bonchev–Trinajstić information content (AvgIpc) is 2.70. The Balaban J connectivity index is 1.91. The molecule has 2 rings (SSSR count). The van der Waals surface area contributed by atoms with Gasteiger partial charge in [0.05, 0.1) is 19.8 Å². The zero-order chi connectivity index (χ0) is 20.7. The van der Waals surface area contributed by atoms with Crippen molar-refractivity contribution in [2.24, 2.45) is 0 Å². The lowest BCUT2D eigenvalue weighted by atomic mass is 10.2. The van der Waals surface area contributed by atoms with Gasteiger partial charge in [-0.05, 0) is 36.4 Å². The number of benzene rings is 2. The highest BCUT2D eigenvalue weighted by Crippen LogP contribution is 2.23. The normalized spacial score (nSPS) is 10.0. The van der Waals surface area contributed by atoms with Crippen LogP contribution in [0.2, 0.25) is 10.0 Å². The van der Waals surface area contributed by atoms with E-state index in [9.17, 15) is 14.4 Å². The summed E-state index contributed by atoms with van der Waals surface area (Å²) in [6, 6.07) is 8.85. The summed E-state index contributed by atoms with van der Waals surface area (Å²) in [5.41, 5.74) is 4.49. The molecule has 0 aromatic heterocycles. The largest absolute Gasteiger partial charge is 0.496 e. The van der Waals surface area contributed by atoms with Gasteiger partial charge in [0.2, 0.25) is 0 Å². The summed E-state index contributed by atoms with van der Waals surface area (Å²) in [4.78, 5) is 36.1. The minimum atomic E-state index is -0.808. The van der Waals surface area contributed by atoms with E-state index in [2.05, 4.69) is 10.9 Å². The van der Waals surface area contributed by atoms with Crippen molar-refractivity contribution in [3.05, 3.63) is 57.6 Å². The van der Waals surface area contributed by atoms with Gasteiger partial charge < -0.3 is 14.2 Å². The molecule has 0 aliphatic rings. The number of hydrogen-bond donors (Lipinski definition) is 2. The lowest BCUT2D eigenvalue weighted by Crippen LogP contribution is -2.43. The van der Waals surface area contributed by atoms with E-state index in [1.807, 2.05) is 0 Å². The number of amides is 2. The van der Waals surface area contributed by atoms with E-state index in [1.165, 1.54) is 38.5 Å². The predicted octanol–water partition coefficient (Wildman–Crippen LogP) is 2.63. The lowest BCUT2D eigenvalue weighted by Gasteiger charge is -2.11. The number of carbonyl (C=O) groups excluding carboxylic acids is 3. The van der Waals surface area contributed by atoms with Crippen LogP contribution < -0.4 is 20.3 Å². The van der Waals surface area contributed by atoms with Gasteiger partial charge in [-0.3, -0.25) is 20.4 Å². The van der Waals surface area contributed by atoms with Gasteiger partial charge in [-0.25, -0.2) is 4.79 Å². The maximum atomic E-state index is 12.2. The first-order valence-corrected chi connectivity index (χ1v) is 8.54. The van der Waals surface area contributed by atoms with Gasteiger partial charge in [0, 0.05) is 10.0 Å². The third-order valence-electron chi connectivity index (χ3n) is 3.44. The molecule has 0 aliphatic heterocycles. The molecule has 0 unspecified atom stereocenters.